The van der Waals surface area contributed by atoms with Crippen LogP contribution in [0.15, 0.2) is 24.3 Å². The van der Waals surface area contributed by atoms with E-state index in [0.717, 1.165) is 24.1 Å². The van der Waals surface area contributed by atoms with Crippen molar-refractivity contribution >= 4 is 28.8 Å². The van der Waals surface area contributed by atoms with Crippen LogP contribution in [0.2, 0.25) is 0 Å². The van der Waals surface area contributed by atoms with Gasteiger partial charge in [-0.15, -0.1) is 0 Å². The molecule has 1 saturated heterocycles. The molecule has 29 heavy (non-hydrogen) atoms. The molecule has 0 spiro atoms. The summed E-state index contributed by atoms with van der Waals surface area (Å²) in [7, 11) is 0. The smallest absolute Gasteiger partial charge is 0.276 e. The summed E-state index contributed by atoms with van der Waals surface area (Å²) in [6, 6.07) is 7.01. The van der Waals surface area contributed by atoms with Crippen molar-refractivity contribution in [2.75, 3.05) is 18.5 Å². The third kappa shape index (κ3) is 3.61. The summed E-state index contributed by atoms with van der Waals surface area (Å²) in [6.45, 7) is 5.78. The van der Waals surface area contributed by atoms with Gasteiger partial charge in [-0.25, -0.2) is 4.98 Å². The molecule has 3 aromatic rings. The number of imidazole rings is 1. The first-order valence-corrected chi connectivity index (χ1v) is 9.73. The van der Waals surface area contributed by atoms with E-state index in [1.165, 1.54) is 0 Å². The summed E-state index contributed by atoms with van der Waals surface area (Å²) >= 11 is 0. The molecule has 2 amide bonds. The average molecular weight is 396 g/mol. The largest absolute Gasteiger partial charge is 0.381 e. The number of anilines is 1. The summed E-state index contributed by atoms with van der Waals surface area (Å²) in [5.74, 6) is -0.358. The molecule has 1 aliphatic rings. The van der Waals surface area contributed by atoms with Gasteiger partial charge in [0.1, 0.15) is 5.69 Å². The number of benzene rings is 1. The monoisotopic (exact) mass is 396 g/mol. The molecule has 0 atom stereocenters. The van der Waals surface area contributed by atoms with Crippen LogP contribution in [0.4, 0.5) is 5.95 Å². The quantitative estimate of drug-likeness (QED) is 0.686. The minimum atomic E-state index is -0.514. The van der Waals surface area contributed by atoms with Gasteiger partial charge < -0.3 is 15.0 Å². The molecule has 1 aliphatic heterocycles. The summed E-state index contributed by atoms with van der Waals surface area (Å²) in [5.41, 5.74) is 8.46. The van der Waals surface area contributed by atoms with Crippen LogP contribution in [0.5, 0.6) is 0 Å². The number of rotatable bonds is 5. The molecule has 1 fully saturated rings. The van der Waals surface area contributed by atoms with Crippen LogP contribution in [0.25, 0.3) is 11.0 Å². The fourth-order valence-corrected chi connectivity index (χ4v) is 3.76. The van der Waals surface area contributed by atoms with Crippen molar-refractivity contribution in [2.45, 2.75) is 39.3 Å². The van der Waals surface area contributed by atoms with Crippen LogP contribution in [-0.2, 0) is 11.3 Å². The molecule has 0 aliphatic carbocycles. The molecule has 1 aromatic carbocycles. The molecule has 152 valence electrons. The first-order chi connectivity index (χ1) is 14.0. The van der Waals surface area contributed by atoms with E-state index in [1.807, 2.05) is 18.4 Å². The first-order valence-electron chi connectivity index (χ1n) is 9.73. The van der Waals surface area contributed by atoms with Crippen molar-refractivity contribution in [3.05, 3.63) is 41.2 Å². The number of nitrogens with zero attached hydrogens (tertiary/aromatic N) is 4. The Morgan fingerprint density at radius 2 is 2.03 bits per heavy atom. The molecule has 2 aromatic heterocycles. The maximum Gasteiger partial charge on any atom is 0.276 e. The number of hydrogen-bond donors (Lipinski definition) is 2. The van der Waals surface area contributed by atoms with Gasteiger partial charge in [-0.05, 0) is 51.0 Å². The summed E-state index contributed by atoms with van der Waals surface area (Å²) in [4.78, 5) is 29.1. The van der Waals surface area contributed by atoms with Gasteiger partial charge in [0.2, 0.25) is 11.9 Å². The topological polar surface area (TPSA) is 117 Å². The molecule has 3 N–H and O–H groups in total. The SMILES string of the molecule is CCn1c(NC(=O)c2cc(C)nn2C2CCOCC2)nc2cc(C(N)=O)ccc21. The maximum absolute atomic E-state index is 13.1. The molecule has 4 rings (SSSR count). The lowest BCUT2D eigenvalue weighted by molar-refractivity contribution is 0.0646. The van der Waals surface area contributed by atoms with Gasteiger partial charge in [-0.3, -0.25) is 19.6 Å². The van der Waals surface area contributed by atoms with E-state index in [-0.39, 0.29) is 11.9 Å². The second-order valence-corrected chi connectivity index (χ2v) is 7.16. The van der Waals surface area contributed by atoms with Crippen molar-refractivity contribution in [2.24, 2.45) is 5.73 Å². The highest BCUT2D eigenvalue weighted by Crippen LogP contribution is 2.25. The first kappa shape index (κ1) is 19.1. The van der Waals surface area contributed by atoms with Crippen LogP contribution in [-0.4, -0.2) is 44.4 Å². The Morgan fingerprint density at radius 3 is 2.72 bits per heavy atom. The Kier molecular flexibility index (Phi) is 5.06. The number of amides is 2. The number of nitrogens with two attached hydrogens (primary N) is 1. The number of aromatic nitrogens is 4. The van der Waals surface area contributed by atoms with Crippen LogP contribution in [0, 0.1) is 6.92 Å². The second-order valence-electron chi connectivity index (χ2n) is 7.16. The highest BCUT2D eigenvalue weighted by atomic mass is 16.5. The van der Waals surface area contributed by atoms with Crippen molar-refractivity contribution in [1.82, 2.24) is 19.3 Å². The fraction of sp³-hybridized carbons (Fsp3) is 0.400. The second kappa shape index (κ2) is 7.67. The standard InChI is InChI=1S/C20H24N6O3/c1-3-25-16-5-4-13(18(21)27)11-15(16)22-20(25)23-19(28)17-10-12(2)24-26(17)14-6-8-29-9-7-14/h4-5,10-11,14H,3,6-9H2,1-2H3,(H2,21,27)(H,22,23,28). The predicted molar refractivity (Wildman–Crippen MR) is 108 cm³/mol. The molecule has 9 nitrogen and oxygen atoms in total. The lowest BCUT2D eigenvalue weighted by atomic mass is 10.1. The number of primary amides is 1. The number of aryl methyl sites for hydroxylation is 2. The number of hydrogen-bond acceptors (Lipinski definition) is 5. The van der Waals surface area contributed by atoms with Crippen molar-refractivity contribution in [3.8, 4) is 0 Å². The lowest BCUT2D eigenvalue weighted by Gasteiger charge is -2.24. The lowest BCUT2D eigenvalue weighted by Crippen LogP contribution is -2.26. The van der Waals surface area contributed by atoms with Gasteiger partial charge in [-0.1, -0.05) is 0 Å². The maximum atomic E-state index is 13.1. The van der Waals surface area contributed by atoms with E-state index in [4.69, 9.17) is 10.5 Å². The van der Waals surface area contributed by atoms with E-state index in [2.05, 4.69) is 15.4 Å². The summed E-state index contributed by atoms with van der Waals surface area (Å²) in [5, 5.41) is 7.45. The van der Waals surface area contributed by atoms with Gasteiger partial charge in [-0.2, -0.15) is 5.10 Å². The van der Waals surface area contributed by atoms with Crippen LogP contribution in [0.3, 0.4) is 0 Å². The molecule has 0 radical (unpaired) electrons. The highest BCUT2D eigenvalue weighted by molar-refractivity contribution is 6.03. The van der Waals surface area contributed by atoms with Crippen LogP contribution < -0.4 is 11.1 Å². The predicted octanol–water partition coefficient (Wildman–Crippen LogP) is 2.26. The molecule has 0 bridgehead atoms. The molecule has 0 unspecified atom stereocenters. The average Bonchev–Trinajstić information content (AvgIpc) is 3.27. The van der Waals surface area contributed by atoms with Crippen LogP contribution in [0.1, 0.15) is 52.3 Å². The number of carbonyl (C=O) groups is 2. The van der Waals surface area contributed by atoms with E-state index in [0.29, 0.717) is 42.5 Å². The number of ether oxygens (including phenoxy) is 1. The van der Waals surface area contributed by atoms with E-state index < -0.39 is 5.91 Å². The van der Waals surface area contributed by atoms with Gasteiger partial charge in [0.15, 0.2) is 0 Å². The fourth-order valence-electron chi connectivity index (χ4n) is 3.76. The van der Waals surface area contributed by atoms with Crippen molar-refractivity contribution < 1.29 is 14.3 Å². The third-order valence-corrected chi connectivity index (χ3v) is 5.20. The Bertz CT molecular complexity index is 1080. The Hall–Kier alpha value is -3.20. The number of nitrogens with one attached hydrogen (secondary N) is 1. The van der Waals surface area contributed by atoms with Gasteiger partial charge in [0.25, 0.3) is 5.91 Å². The van der Waals surface area contributed by atoms with E-state index >= 15 is 0 Å². The number of carbonyl (C=O) groups excluding carboxylic acids is 2. The Morgan fingerprint density at radius 1 is 1.28 bits per heavy atom. The van der Waals surface area contributed by atoms with E-state index in [1.54, 1.807) is 28.9 Å². The highest BCUT2D eigenvalue weighted by Gasteiger charge is 2.24. The minimum Gasteiger partial charge on any atom is -0.381 e. The van der Waals surface area contributed by atoms with Gasteiger partial charge in [0, 0.05) is 25.3 Å². The van der Waals surface area contributed by atoms with E-state index in [9.17, 15) is 9.59 Å². The Balaban J connectivity index is 1.66. The zero-order chi connectivity index (χ0) is 20.5. The summed E-state index contributed by atoms with van der Waals surface area (Å²) in [6.07, 6.45) is 1.65. The Labute approximate surface area is 167 Å². The van der Waals surface area contributed by atoms with Crippen molar-refractivity contribution in [3.63, 3.8) is 0 Å². The molecule has 9 heteroatoms. The van der Waals surface area contributed by atoms with Gasteiger partial charge >= 0.3 is 0 Å². The zero-order valence-corrected chi connectivity index (χ0v) is 16.5. The zero-order valence-electron chi connectivity index (χ0n) is 16.5. The minimum absolute atomic E-state index is 0.140. The van der Waals surface area contributed by atoms with Gasteiger partial charge in [0.05, 0.1) is 22.8 Å². The van der Waals surface area contributed by atoms with Crippen molar-refractivity contribution in [1.29, 1.82) is 0 Å². The molecular weight excluding hydrogens is 372 g/mol. The van der Waals surface area contributed by atoms with Crippen LogP contribution >= 0.6 is 0 Å². The normalized spacial score (nSPS) is 15.0. The third-order valence-electron chi connectivity index (χ3n) is 5.20. The molecule has 3 heterocycles. The summed E-state index contributed by atoms with van der Waals surface area (Å²) < 4.78 is 9.12. The number of fused-ring (bicyclic) bond motifs is 1. The molecular formula is C20H24N6O3. The molecule has 0 saturated carbocycles.